The molecule has 0 atom stereocenters. The molecule has 1 aromatic carbocycles. The molecule has 1 aromatic heterocycles. The number of anilines is 1. The standard InChI is InChI=1S/C21H27N5O3/c1-15-13-18(23-19(22-15)16-7-5-8-17(14-16)26(28)29)24-9-6-10-25(12-11-24)20(27)21(2,3)4/h5,7-8,13-14H,6,9-12H2,1-4H3. The van der Waals surface area contributed by atoms with Crippen LogP contribution in [0.2, 0.25) is 0 Å². The number of carbonyl (C=O) groups excluding carboxylic acids is 1. The van der Waals surface area contributed by atoms with Gasteiger partial charge >= 0.3 is 0 Å². The number of aryl methyl sites for hydroxylation is 1. The molecule has 0 N–H and O–H groups in total. The highest BCUT2D eigenvalue weighted by Gasteiger charge is 2.29. The molecular weight excluding hydrogens is 370 g/mol. The van der Waals surface area contributed by atoms with E-state index in [2.05, 4.69) is 14.9 Å². The Bertz CT molecular complexity index is 923. The van der Waals surface area contributed by atoms with Crippen molar-refractivity contribution in [3.05, 3.63) is 46.1 Å². The van der Waals surface area contributed by atoms with E-state index in [0.29, 0.717) is 24.5 Å². The first kappa shape index (κ1) is 20.7. The smallest absolute Gasteiger partial charge is 0.270 e. The Labute approximate surface area is 170 Å². The van der Waals surface area contributed by atoms with Gasteiger partial charge in [0.25, 0.3) is 5.69 Å². The third-order valence-corrected chi connectivity index (χ3v) is 4.90. The number of hydrogen-bond acceptors (Lipinski definition) is 6. The van der Waals surface area contributed by atoms with Crippen LogP contribution in [0.5, 0.6) is 0 Å². The molecule has 0 saturated carbocycles. The monoisotopic (exact) mass is 397 g/mol. The predicted octanol–water partition coefficient (Wildman–Crippen LogP) is 3.45. The Morgan fingerprint density at radius 2 is 1.86 bits per heavy atom. The Balaban J connectivity index is 1.84. The van der Waals surface area contributed by atoms with Crippen molar-refractivity contribution in [1.82, 2.24) is 14.9 Å². The summed E-state index contributed by atoms with van der Waals surface area (Å²) in [6, 6.07) is 8.28. The normalized spacial score (nSPS) is 15.2. The van der Waals surface area contributed by atoms with Gasteiger partial charge in [0.05, 0.1) is 4.92 Å². The van der Waals surface area contributed by atoms with Gasteiger partial charge in [-0.15, -0.1) is 0 Å². The fourth-order valence-corrected chi connectivity index (χ4v) is 3.43. The molecule has 1 fully saturated rings. The van der Waals surface area contributed by atoms with E-state index < -0.39 is 10.3 Å². The van der Waals surface area contributed by atoms with Crippen molar-refractivity contribution < 1.29 is 9.72 Å². The zero-order valence-electron chi connectivity index (χ0n) is 17.4. The summed E-state index contributed by atoms with van der Waals surface area (Å²) < 4.78 is 0. The van der Waals surface area contributed by atoms with Crippen molar-refractivity contribution in [3.63, 3.8) is 0 Å². The molecule has 29 heavy (non-hydrogen) atoms. The molecule has 0 aliphatic carbocycles. The lowest BCUT2D eigenvalue weighted by Gasteiger charge is -2.28. The number of nitro benzene ring substituents is 1. The zero-order valence-corrected chi connectivity index (χ0v) is 17.4. The molecule has 0 bridgehead atoms. The summed E-state index contributed by atoms with van der Waals surface area (Å²) >= 11 is 0. The highest BCUT2D eigenvalue weighted by molar-refractivity contribution is 5.81. The Morgan fingerprint density at radius 3 is 2.55 bits per heavy atom. The SMILES string of the molecule is Cc1cc(N2CCCN(C(=O)C(C)(C)C)CC2)nc(-c2cccc([N+](=O)[O-])c2)n1. The van der Waals surface area contributed by atoms with Crippen molar-refractivity contribution in [2.75, 3.05) is 31.1 Å². The fraction of sp³-hybridized carbons (Fsp3) is 0.476. The minimum Gasteiger partial charge on any atom is -0.355 e. The molecule has 1 saturated heterocycles. The second-order valence-electron chi connectivity index (χ2n) is 8.38. The maximum absolute atomic E-state index is 12.6. The van der Waals surface area contributed by atoms with Crippen molar-refractivity contribution in [2.45, 2.75) is 34.1 Å². The summed E-state index contributed by atoms with van der Waals surface area (Å²) in [4.78, 5) is 36.5. The summed E-state index contributed by atoms with van der Waals surface area (Å²) in [7, 11) is 0. The van der Waals surface area contributed by atoms with Crippen molar-refractivity contribution in [1.29, 1.82) is 0 Å². The Kier molecular flexibility index (Phi) is 5.81. The van der Waals surface area contributed by atoms with Gasteiger partial charge < -0.3 is 9.80 Å². The van der Waals surface area contributed by atoms with Gasteiger partial charge in [-0.2, -0.15) is 0 Å². The first-order valence-electron chi connectivity index (χ1n) is 9.80. The number of non-ortho nitro benzene ring substituents is 1. The van der Waals surface area contributed by atoms with Gasteiger partial charge in [-0.05, 0) is 13.3 Å². The lowest BCUT2D eigenvalue weighted by Crippen LogP contribution is -2.41. The Hall–Kier alpha value is -3.03. The first-order chi connectivity index (χ1) is 13.6. The number of aromatic nitrogens is 2. The van der Waals surface area contributed by atoms with E-state index in [1.54, 1.807) is 12.1 Å². The van der Waals surface area contributed by atoms with E-state index in [-0.39, 0.29) is 11.6 Å². The summed E-state index contributed by atoms with van der Waals surface area (Å²) in [5.74, 6) is 1.41. The molecular formula is C21H27N5O3. The van der Waals surface area contributed by atoms with Gasteiger partial charge in [-0.1, -0.05) is 32.9 Å². The van der Waals surface area contributed by atoms with Gasteiger partial charge in [0.15, 0.2) is 5.82 Å². The molecule has 8 heteroatoms. The molecule has 8 nitrogen and oxygen atoms in total. The number of nitro groups is 1. The van der Waals surface area contributed by atoms with Crippen LogP contribution in [0.4, 0.5) is 11.5 Å². The number of hydrogen-bond donors (Lipinski definition) is 0. The van der Waals surface area contributed by atoms with E-state index in [1.165, 1.54) is 12.1 Å². The van der Waals surface area contributed by atoms with Crippen LogP contribution in [0.1, 0.15) is 32.9 Å². The molecule has 1 amide bonds. The topological polar surface area (TPSA) is 92.5 Å². The summed E-state index contributed by atoms with van der Waals surface area (Å²) in [6.07, 6.45) is 0.858. The van der Waals surface area contributed by atoms with Crippen LogP contribution < -0.4 is 4.90 Å². The van der Waals surface area contributed by atoms with E-state index in [9.17, 15) is 14.9 Å². The van der Waals surface area contributed by atoms with E-state index in [0.717, 1.165) is 31.0 Å². The van der Waals surface area contributed by atoms with Crippen LogP contribution >= 0.6 is 0 Å². The van der Waals surface area contributed by atoms with Gasteiger partial charge in [0, 0.05) is 61.1 Å². The van der Waals surface area contributed by atoms with Crippen molar-refractivity contribution >= 4 is 17.4 Å². The summed E-state index contributed by atoms with van der Waals surface area (Å²) in [5, 5.41) is 11.1. The lowest BCUT2D eigenvalue weighted by molar-refractivity contribution is -0.384. The third-order valence-electron chi connectivity index (χ3n) is 4.90. The average molecular weight is 397 g/mol. The van der Waals surface area contributed by atoms with Crippen molar-refractivity contribution in [3.8, 4) is 11.4 Å². The number of carbonyl (C=O) groups is 1. The zero-order chi connectivity index (χ0) is 21.2. The fourth-order valence-electron chi connectivity index (χ4n) is 3.43. The van der Waals surface area contributed by atoms with E-state index in [4.69, 9.17) is 0 Å². The summed E-state index contributed by atoms with van der Waals surface area (Å²) in [5.41, 5.74) is 1.03. The van der Waals surface area contributed by atoms with Gasteiger partial charge in [-0.3, -0.25) is 14.9 Å². The molecule has 2 aromatic rings. The highest BCUT2D eigenvalue weighted by atomic mass is 16.6. The van der Waals surface area contributed by atoms with E-state index >= 15 is 0 Å². The summed E-state index contributed by atoms with van der Waals surface area (Å²) in [6.45, 7) is 10.6. The molecule has 0 spiro atoms. The number of nitrogens with zero attached hydrogens (tertiary/aromatic N) is 5. The number of benzene rings is 1. The maximum atomic E-state index is 12.6. The van der Waals surface area contributed by atoms with Crippen LogP contribution in [0.15, 0.2) is 30.3 Å². The molecule has 1 aliphatic rings. The van der Waals surface area contributed by atoms with Crippen molar-refractivity contribution in [2.24, 2.45) is 5.41 Å². The van der Waals surface area contributed by atoms with Crippen LogP contribution in [0.3, 0.4) is 0 Å². The van der Waals surface area contributed by atoms with Crippen LogP contribution in [-0.4, -0.2) is 51.9 Å². The molecule has 3 rings (SSSR count). The predicted molar refractivity (Wildman–Crippen MR) is 112 cm³/mol. The van der Waals surface area contributed by atoms with Gasteiger partial charge in [0.1, 0.15) is 5.82 Å². The molecule has 154 valence electrons. The third kappa shape index (κ3) is 4.88. The molecule has 0 unspecified atom stereocenters. The molecule has 2 heterocycles. The second kappa shape index (κ2) is 8.14. The quantitative estimate of drug-likeness (QED) is 0.582. The highest BCUT2D eigenvalue weighted by Crippen LogP contribution is 2.25. The average Bonchev–Trinajstić information content (AvgIpc) is 2.92. The number of rotatable bonds is 3. The van der Waals surface area contributed by atoms with Crippen LogP contribution in [0, 0.1) is 22.5 Å². The maximum Gasteiger partial charge on any atom is 0.270 e. The van der Waals surface area contributed by atoms with Gasteiger partial charge in [0.2, 0.25) is 5.91 Å². The molecule has 1 aliphatic heterocycles. The number of amides is 1. The molecule has 0 radical (unpaired) electrons. The first-order valence-corrected chi connectivity index (χ1v) is 9.80. The van der Waals surface area contributed by atoms with Gasteiger partial charge in [-0.25, -0.2) is 9.97 Å². The second-order valence-corrected chi connectivity index (χ2v) is 8.38. The minimum absolute atomic E-state index is 0.0141. The lowest BCUT2D eigenvalue weighted by atomic mass is 9.94. The van der Waals surface area contributed by atoms with E-state index in [1.807, 2.05) is 38.7 Å². The largest absolute Gasteiger partial charge is 0.355 e. The van der Waals surface area contributed by atoms with Crippen LogP contribution in [0.25, 0.3) is 11.4 Å². The minimum atomic E-state index is -0.421. The van der Waals surface area contributed by atoms with Crippen LogP contribution in [-0.2, 0) is 4.79 Å². The Morgan fingerprint density at radius 1 is 1.10 bits per heavy atom.